The SMILES string of the molecule is CC(=O)CCCC[C@H]1COC2(CCCCC2)O1. The van der Waals surface area contributed by atoms with Gasteiger partial charge >= 0.3 is 0 Å². The summed E-state index contributed by atoms with van der Waals surface area (Å²) in [5.41, 5.74) is 0. The van der Waals surface area contributed by atoms with Crippen LogP contribution in [0.3, 0.4) is 0 Å². The second kappa shape index (κ2) is 5.96. The Morgan fingerprint density at radius 2 is 2.00 bits per heavy atom. The lowest BCUT2D eigenvalue weighted by Crippen LogP contribution is -2.33. The molecule has 1 saturated heterocycles. The smallest absolute Gasteiger partial charge is 0.168 e. The minimum Gasteiger partial charge on any atom is -0.347 e. The van der Waals surface area contributed by atoms with Crippen molar-refractivity contribution >= 4 is 5.78 Å². The van der Waals surface area contributed by atoms with Gasteiger partial charge in [-0.25, -0.2) is 0 Å². The van der Waals surface area contributed by atoms with Crippen LogP contribution in [0.2, 0.25) is 0 Å². The Morgan fingerprint density at radius 1 is 1.24 bits per heavy atom. The number of ketones is 1. The van der Waals surface area contributed by atoms with Crippen LogP contribution in [-0.4, -0.2) is 24.3 Å². The van der Waals surface area contributed by atoms with Gasteiger partial charge in [-0.2, -0.15) is 0 Å². The zero-order valence-corrected chi connectivity index (χ0v) is 10.9. The first-order valence-electron chi connectivity index (χ1n) is 7.01. The summed E-state index contributed by atoms with van der Waals surface area (Å²) in [5.74, 6) is 0.0566. The van der Waals surface area contributed by atoms with Crippen molar-refractivity contribution in [3.05, 3.63) is 0 Å². The molecule has 0 N–H and O–H groups in total. The Labute approximate surface area is 104 Å². The van der Waals surface area contributed by atoms with Crippen LogP contribution in [0.4, 0.5) is 0 Å². The Hall–Kier alpha value is -0.410. The van der Waals surface area contributed by atoms with E-state index in [0.717, 1.165) is 38.7 Å². The van der Waals surface area contributed by atoms with Crippen LogP contribution in [0.25, 0.3) is 0 Å². The molecule has 2 aliphatic rings. The van der Waals surface area contributed by atoms with Gasteiger partial charge in [0.1, 0.15) is 5.78 Å². The van der Waals surface area contributed by atoms with E-state index >= 15 is 0 Å². The maximum atomic E-state index is 10.8. The number of rotatable bonds is 5. The van der Waals surface area contributed by atoms with E-state index in [0.29, 0.717) is 6.42 Å². The number of hydrogen-bond donors (Lipinski definition) is 0. The summed E-state index contributed by atoms with van der Waals surface area (Å²) >= 11 is 0. The normalized spacial score (nSPS) is 27.5. The van der Waals surface area contributed by atoms with Crippen molar-refractivity contribution in [2.45, 2.75) is 76.6 Å². The van der Waals surface area contributed by atoms with Crippen molar-refractivity contribution in [2.24, 2.45) is 0 Å². The number of hydrogen-bond acceptors (Lipinski definition) is 3. The van der Waals surface area contributed by atoms with E-state index in [2.05, 4.69) is 0 Å². The predicted molar refractivity (Wildman–Crippen MR) is 65.8 cm³/mol. The summed E-state index contributed by atoms with van der Waals surface area (Å²) in [6.07, 6.45) is 9.99. The molecule has 2 rings (SSSR count). The average Bonchev–Trinajstić information content (AvgIpc) is 2.69. The van der Waals surface area contributed by atoms with E-state index in [1.54, 1.807) is 6.92 Å². The highest BCUT2D eigenvalue weighted by Crippen LogP contribution is 2.38. The zero-order valence-electron chi connectivity index (χ0n) is 10.9. The van der Waals surface area contributed by atoms with Gasteiger partial charge < -0.3 is 14.3 Å². The summed E-state index contributed by atoms with van der Waals surface area (Å²) in [6, 6.07) is 0. The molecule has 1 heterocycles. The van der Waals surface area contributed by atoms with Gasteiger partial charge in [0.15, 0.2) is 5.79 Å². The molecule has 3 nitrogen and oxygen atoms in total. The minimum absolute atomic E-state index is 0.233. The van der Waals surface area contributed by atoms with Crippen molar-refractivity contribution in [3.63, 3.8) is 0 Å². The van der Waals surface area contributed by atoms with E-state index in [9.17, 15) is 4.79 Å². The van der Waals surface area contributed by atoms with Crippen LogP contribution >= 0.6 is 0 Å². The molecule has 0 unspecified atom stereocenters. The fourth-order valence-electron chi connectivity index (χ4n) is 2.86. The summed E-state index contributed by atoms with van der Waals surface area (Å²) in [6.45, 7) is 2.41. The molecule has 0 aromatic heterocycles. The van der Waals surface area contributed by atoms with Crippen molar-refractivity contribution in [3.8, 4) is 0 Å². The number of carbonyl (C=O) groups excluding carboxylic acids is 1. The minimum atomic E-state index is -0.233. The fraction of sp³-hybridized carbons (Fsp3) is 0.929. The Morgan fingerprint density at radius 3 is 2.71 bits per heavy atom. The first kappa shape index (κ1) is 13.0. The highest BCUT2D eigenvalue weighted by Gasteiger charge is 2.41. The summed E-state index contributed by atoms with van der Waals surface area (Å²) < 4.78 is 12.0. The highest BCUT2D eigenvalue weighted by molar-refractivity contribution is 5.75. The lowest BCUT2D eigenvalue weighted by atomic mass is 9.94. The lowest BCUT2D eigenvalue weighted by Gasteiger charge is -2.31. The molecule has 17 heavy (non-hydrogen) atoms. The quantitative estimate of drug-likeness (QED) is 0.692. The third-order valence-corrected chi connectivity index (χ3v) is 3.83. The van der Waals surface area contributed by atoms with Gasteiger partial charge in [-0.1, -0.05) is 12.8 Å². The molecule has 1 atom stereocenters. The number of ether oxygens (including phenoxy) is 2. The van der Waals surface area contributed by atoms with Gasteiger partial charge in [-0.3, -0.25) is 0 Å². The van der Waals surface area contributed by atoms with Crippen LogP contribution in [0.15, 0.2) is 0 Å². The first-order valence-corrected chi connectivity index (χ1v) is 7.01. The summed E-state index contributed by atoms with van der Waals surface area (Å²) in [4.78, 5) is 10.8. The van der Waals surface area contributed by atoms with Gasteiger partial charge in [0.25, 0.3) is 0 Å². The van der Waals surface area contributed by atoms with Crippen molar-refractivity contribution in [1.82, 2.24) is 0 Å². The van der Waals surface area contributed by atoms with Gasteiger partial charge in [0.05, 0.1) is 12.7 Å². The third kappa shape index (κ3) is 3.78. The van der Waals surface area contributed by atoms with Crippen LogP contribution in [0, 0.1) is 0 Å². The average molecular weight is 240 g/mol. The molecule has 1 aliphatic heterocycles. The standard InChI is InChI=1S/C14H24O3/c1-12(15)7-3-4-8-13-11-16-14(17-13)9-5-2-6-10-14/h13H,2-11H2,1H3/t13-/m0/s1. The van der Waals surface area contributed by atoms with E-state index in [4.69, 9.17) is 9.47 Å². The van der Waals surface area contributed by atoms with E-state index < -0.39 is 0 Å². The molecule has 3 heteroatoms. The molecule has 1 aliphatic carbocycles. The van der Waals surface area contributed by atoms with Crippen LogP contribution in [0.5, 0.6) is 0 Å². The maximum absolute atomic E-state index is 10.8. The van der Waals surface area contributed by atoms with Crippen molar-refractivity contribution in [1.29, 1.82) is 0 Å². The van der Waals surface area contributed by atoms with Crippen LogP contribution < -0.4 is 0 Å². The molecule has 0 bridgehead atoms. The maximum Gasteiger partial charge on any atom is 0.168 e. The molecular formula is C14H24O3. The van der Waals surface area contributed by atoms with Crippen molar-refractivity contribution in [2.75, 3.05) is 6.61 Å². The Bertz CT molecular complexity index is 256. The highest BCUT2D eigenvalue weighted by atomic mass is 16.7. The summed E-state index contributed by atoms with van der Waals surface area (Å²) in [7, 11) is 0. The van der Waals surface area contributed by atoms with Gasteiger partial charge in [-0.15, -0.1) is 0 Å². The fourth-order valence-corrected chi connectivity index (χ4v) is 2.86. The van der Waals surface area contributed by atoms with Crippen LogP contribution in [-0.2, 0) is 14.3 Å². The molecule has 1 saturated carbocycles. The lowest BCUT2D eigenvalue weighted by molar-refractivity contribution is -0.187. The number of unbranched alkanes of at least 4 members (excludes halogenated alkanes) is 1. The largest absolute Gasteiger partial charge is 0.347 e. The molecule has 1 spiro atoms. The molecule has 0 amide bonds. The number of carbonyl (C=O) groups is 1. The Kier molecular flexibility index (Phi) is 4.57. The van der Waals surface area contributed by atoms with E-state index in [1.165, 1.54) is 19.3 Å². The molecular weight excluding hydrogens is 216 g/mol. The first-order chi connectivity index (χ1) is 8.20. The third-order valence-electron chi connectivity index (χ3n) is 3.83. The topological polar surface area (TPSA) is 35.5 Å². The second-order valence-electron chi connectivity index (χ2n) is 5.47. The van der Waals surface area contributed by atoms with E-state index in [-0.39, 0.29) is 17.7 Å². The molecule has 0 aromatic rings. The molecule has 98 valence electrons. The molecule has 0 aromatic carbocycles. The van der Waals surface area contributed by atoms with E-state index in [1.807, 2.05) is 0 Å². The molecule has 2 fully saturated rings. The monoisotopic (exact) mass is 240 g/mol. The second-order valence-corrected chi connectivity index (χ2v) is 5.47. The summed E-state index contributed by atoms with van der Waals surface area (Å²) in [5, 5.41) is 0. The van der Waals surface area contributed by atoms with Gasteiger partial charge in [0.2, 0.25) is 0 Å². The van der Waals surface area contributed by atoms with Crippen LogP contribution in [0.1, 0.15) is 64.7 Å². The van der Waals surface area contributed by atoms with Crippen molar-refractivity contribution < 1.29 is 14.3 Å². The molecule has 0 radical (unpaired) electrons. The number of Topliss-reactive ketones (excluding diaryl/α,β-unsaturated/α-hetero) is 1. The predicted octanol–water partition coefficient (Wildman–Crippen LogP) is 3.21. The van der Waals surface area contributed by atoms with Gasteiger partial charge in [-0.05, 0) is 32.6 Å². The van der Waals surface area contributed by atoms with Gasteiger partial charge in [0, 0.05) is 19.3 Å². The Balaban J connectivity index is 1.65. The zero-order chi connectivity index (χ0) is 12.1.